The lowest BCUT2D eigenvalue weighted by molar-refractivity contribution is -0.754. The number of carbonyl (C=O) groups is 1. The van der Waals surface area contributed by atoms with E-state index < -0.39 is 17.8 Å². The summed E-state index contributed by atoms with van der Waals surface area (Å²) in [6.07, 6.45) is -3.02. The summed E-state index contributed by atoms with van der Waals surface area (Å²) in [5.41, 5.74) is 0.119. The molecule has 0 spiro atoms. The lowest BCUT2D eigenvalue weighted by Crippen LogP contribution is -2.35. The van der Waals surface area contributed by atoms with Gasteiger partial charge in [0.2, 0.25) is 11.8 Å². The topological polar surface area (TPSA) is 71.0 Å². The molecule has 3 aromatic rings. The number of halogens is 4. The average molecular weight is 442 g/mol. The second-order valence-corrected chi connectivity index (χ2v) is 6.46. The summed E-state index contributed by atoms with van der Waals surface area (Å²) in [6, 6.07) is 11.1. The van der Waals surface area contributed by atoms with Crippen molar-refractivity contribution in [2.45, 2.75) is 12.7 Å². The molecule has 27 heavy (non-hydrogen) atoms. The van der Waals surface area contributed by atoms with E-state index in [0.717, 1.165) is 22.2 Å². The highest BCUT2D eigenvalue weighted by Crippen LogP contribution is 2.30. The summed E-state index contributed by atoms with van der Waals surface area (Å²) in [7, 11) is 0. The van der Waals surface area contributed by atoms with Crippen LogP contribution in [0.4, 0.5) is 29.5 Å². The largest absolute Gasteiger partial charge is 0.416 e. The third-order valence-corrected chi connectivity index (χ3v) is 3.98. The highest BCUT2D eigenvalue weighted by atomic mass is 79.9. The number of nitrogens with one attached hydrogen (secondary N) is 2. The molecule has 0 fully saturated rings. The first-order valence-electron chi connectivity index (χ1n) is 7.66. The van der Waals surface area contributed by atoms with E-state index in [2.05, 4.69) is 31.8 Å². The van der Waals surface area contributed by atoms with Crippen LogP contribution in [0.25, 0.3) is 0 Å². The minimum Gasteiger partial charge on any atom is -0.308 e. The Bertz CT molecular complexity index is 942. The van der Waals surface area contributed by atoms with Gasteiger partial charge >= 0.3 is 18.1 Å². The summed E-state index contributed by atoms with van der Waals surface area (Å²) in [5, 5.41) is 8.47. The van der Waals surface area contributed by atoms with E-state index in [1.807, 2.05) is 24.3 Å². The van der Waals surface area contributed by atoms with Gasteiger partial charge in [-0.05, 0) is 35.0 Å². The first-order chi connectivity index (χ1) is 12.8. The summed E-state index contributed by atoms with van der Waals surface area (Å²) in [5.74, 6) is 0.0524. The van der Waals surface area contributed by atoms with Gasteiger partial charge < -0.3 is 5.32 Å². The van der Waals surface area contributed by atoms with Crippen molar-refractivity contribution in [2.75, 3.05) is 10.6 Å². The minimum absolute atomic E-state index is 0.00424. The Morgan fingerprint density at radius 1 is 1.15 bits per heavy atom. The zero-order valence-electron chi connectivity index (χ0n) is 13.6. The third-order valence-electron chi connectivity index (χ3n) is 3.45. The van der Waals surface area contributed by atoms with Gasteiger partial charge in [-0.15, -0.1) is 0 Å². The Hall–Kier alpha value is -2.88. The van der Waals surface area contributed by atoms with Gasteiger partial charge in [0.25, 0.3) is 6.20 Å². The van der Waals surface area contributed by atoms with Crippen molar-refractivity contribution >= 4 is 33.5 Å². The molecule has 0 radical (unpaired) electrons. The van der Waals surface area contributed by atoms with Gasteiger partial charge in [-0.1, -0.05) is 34.1 Å². The standard InChI is InChI=1S/C17H12BrF3N4O2/c18-13-6-4-11(5-7-13)9-25-10-15(27-24-25)23-16(26)22-14-3-1-2-12(8-14)17(19,20)21/h1-8,10H,9H2,(H-,22,23,24,26)/p+1. The molecule has 2 N–H and O–H groups in total. The van der Waals surface area contributed by atoms with Crippen LogP contribution >= 0.6 is 15.9 Å². The lowest BCUT2D eigenvalue weighted by atomic mass is 10.2. The number of rotatable bonds is 4. The van der Waals surface area contributed by atoms with Crippen LogP contribution in [0.2, 0.25) is 0 Å². The molecule has 0 atom stereocenters. The molecule has 0 saturated heterocycles. The van der Waals surface area contributed by atoms with Crippen molar-refractivity contribution < 1.29 is 27.2 Å². The molecule has 2 amide bonds. The second kappa shape index (κ2) is 7.78. The van der Waals surface area contributed by atoms with Crippen molar-refractivity contribution in [3.05, 3.63) is 70.3 Å². The number of amides is 2. The van der Waals surface area contributed by atoms with Gasteiger partial charge in [0.1, 0.15) is 0 Å². The van der Waals surface area contributed by atoms with Crippen LogP contribution in [-0.2, 0) is 12.7 Å². The minimum atomic E-state index is -4.49. The Morgan fingerprint density at radius 2 is 1.89 bits per heavy atom. The maximum atomic E-state index is 12.7. The van der Waals surface area contributed by atoms with Gasteiger partial charge in [-0.2, -0.15) is 13.2 Å². The SMILES string of the molecule is O=C(Nc1cccc(C(F)(F)F)c1)Nc1c[n+](Cc2ccc(Br)cc2)no1. The van der Waals surface area contributed by atoms with E-state index in [1.54, 1.807) is 0 Å². The number of alkyl halides is 3. The molecular formula is C17H13BrF3N4O2+. The Balaban J connectivity index is 1.60. The second-order valence-electron chi connectivity index (χ2n) is 5.55. The van der Waals surface area contributed by atoms with Gasteiger partial charge in [0, 0.05) is 15.7 Å². The van der Waals surface area contributed by atoms with E-state index in [9.17, 15) is 18.0 Å². The predicted octanol–water partition coefficient (Wildman–Crippen LogP) is 4.44. The Morgan fingerprint density at radius 3 is 2.59 bits per heavy atom. The number of anilines is 2. The maximum Gasteiger partial charge on any atom is 0.416 e. The first kappa shape index (κ1) is 18.9. The number of hydrogen-bond donors (Lipinski definition) is 2. The van der Waals surface area contributed by atoms with Crippen LogP contribution in [0.1, 0.15) is 11.1 Å². The normalized spacial score (nSPS) is 11.3. The third kappa shape index (κ3) is 5.30. The van der Waals surface area contributed by atoms with E-state index >= 15 is 0 Å². The van der Waals surface area contributed by atoms with Crippen LogP contribution in [-0.4, -0.2) is 11.3 Å². The zero-order chi connectivity index (χ0) is 19.4. The molecule has 0 aliphatic carbocycles. The van der Waals surface area contributed by atoms with Crippen molar-refractivity contribution in [1.82, 2.24) is 5.27 Å². The number of hydrogen-bond acceptors (Lipinski definition) is 3. The summed E-state index contributed by atoms with van der Waals surface area (Å²) < 4.78 is 45.5. The van der Waals surface area contributed by atoms with Gasteiger partial charge in [-0.25, -0.2) is 4.79 Å². The summed E-state index contributed by atoms with van der Waals surface area (Å²) >= 11 is 3.35. The maximum absolute atomic E-state index is 12.7. The van der Waals surface area contributed by atoms with Crippen molar-refractivity contribution in [3.63, 3.8) is 0 Å². The highest BCUT2D eigenvalue weighted by Gasteiger charge is 2.30. The molecule has 140 valence electrons. The van der Waals surface area contributed by atoms with Gasteiger partial charge in [0.05, 0.1) is 5.56 Å². The quantitative estimate of drug-likeness (QED) is 0.588. The fraction of sp³-hybridized carbons (Fsp3) is 0.118. The molecule has 10 heteroatoms. The Kier molecular flexibility index (Phi) is 5.45. The molecule has 3 rings (SSSR count). The lowest BCUT2D eigenvalue weighted by Gasteiger charge is -2.09. The van der Waals surface area contributed by atoms with Crippen LogP contribution in [0.3, 0.4) is 0 Å². The van der Waals surface area contributed by atoms with Gasteiger partial charge in [0.15, 0.2) is 0 Å². The fourth-order valence-corrected chi connectivity index (χ4v) is 2.50. The van der Waals surface area contributed by atoms with Gasteiger partial charge in [-0.3, -0.25) is 9.84 Å². The van der Waals surface area contributed by atoms with Crippen LogP contribution in [0, 0.1) is 0 Å². The van der Waals surface area contributed by atoms with E-state index in [4.69, 9.17) is 4.52 Å². The molecule has 0 unspecified atom stereocenters. The molecule has 1 heterocycles. The molecule has 2 aromatic carbocycles. The number of benzene rings is 2. The molecule has 6 nitrogen and oxygen atoms in total. The molecular weight excluding hydrogens is 429 g/mol. The highest BCUT2D eigenvalue weighted by molar-refractivity contribution is 9.10. The first-order valence-corrected chi connectivity index (χ1v) is 8.45. The number of nitrogens with zero attached hydrogens (tertiary/aromatic N) is 2. The molecule has 0 aliphatic rings. The van der Waals surface area contributed by atoms with E-state index in [-0.39, 0.29) is 11.6 Å². The average Bonchev–Trinajstić information content (AvgIpc) is 3.03. The molecule has 0 aliphatic heterocycles. The monoisotopic (exact) mass is 441 g/mol. The van der Waals surface area contributed by atoms with Crippen LogP contribution in [0.15, 0.2) is 63.7 Å². The van der Waals surface area contributed by atoms with Crippen molar-refractivity contribution in [2.24, 2.45) is 0 Å². The van der Waals surface area contributed by atoms with E-state index in [0.29, 0.717) is 6.54 Å². The number of aromatic nitrogens is 2. The number of urea groups is 1. The Labute approximate surface area is 160 Å². The van der Waals surface area contributed by atoms with Crippen molar-refractivity contribution in [1.29, 1.82) is 0 Å². The molecule has 0 bridgehead atoms. The molecule has 0 saturated carbocycles. The summed E-state index contributed by atoms with van der Waals surface area (Å²) in [4.78, 5) is 11.9. The molecule has 1 aromatic heterocycles. The smallest absolute Gasteiger partial charge is 0.308 e. The van der Waals surface area contributed by atoms with Crippen molar-refractivity contribution in [3.8, 4) is 0 Å². The van der Waals surface area contributed by atoms with Crippen LogP contribution < -0.4 is 15.3 Å². The summed E-state index contributed by atoms with van der Waals surface area (Å²) in [6.45, 7) is 0.424. The predicted molar refractivity (Wildman–Crippen MR) is 94.0 cm³/mol. The van der Waals surface area contributed by atoms with Crippen LogP contribution in [0.5, 0.6) is 0 Å². The van der Waals surface area contributed by atoms with E-state index in [1.165, 1.54) is 23.0 Å². The number of carbonyl (C=O) groups excluding carboxylic acids is 1. The zero-order valence-corrected chi connectivity index (χ0v) is 15.2. The fourth-order valence-electron chi connectivity index (χ4n) is 2.23.